The van der Waals surface area contributed by atoms with E-state index < -0.39 is 6.16 Å². The molecule has 0 rings (SSSR count). The molecule has 0 amide bonds. The van der Waals surface area contributed by atoms with Crippen molar-refractivity contribution < 1.29 is 62.2 Å². The molecule has 0 aliphatic carbocycles. The second kappa shape index (κ2) is 9.15. The van der Waals surface area contributed by atoms with E-state index in [0.29, 0.717) is 0 Å². The topological polar surface area (TPSA) is 94.7 Å². The van der Waals surface area contributed by atoms with E-state index >= 15 is 0 Å². The zero-order valence-electron chi connectivity index (χ0n) is 2.72. The van der Waals surface area contributed by atoms with Crippen molar-refractivity contribution in [3.05, 3.63) is 0 Å². The zero-order chi connectivity index (χ0) is 3.58. The third-order valence-electron chi connectivity index (χ3n) is 0. The summed E-state index contributed by atoms with van der Waals surface area (Å²) in [6, 6.07) is 0. The van der Waals surface area contributed by atoms with Gasteiger partial charge in [-0.15, -0.1) is 0 Å². The summed E-state index contributed by atoms with van der Waals surface area (Å²) >= 11 is 0. The number of hydrogen-bond acceptors (Lipinski definition) is 3. The molecule has 0 heterocycles. The van der Waals surface area contributed by atoms with Crippen LogP contribution in [0.4, 0.5) is 4.79 Å². The minimum Gasteiger partial charge on any atom is -0.652 e. The molecule has 0 unspecified atom stereocenters. The molecule has 4 nitrogen and oxygen atoms in total. The van der Waals surface area contributed by atoms with Gasteiger partial charge in [-0.25, -0.2) is 0 Å². The fraction of sp³-hybridized carbons (Fsp3) is 0. The van der Waals surface area contributed by atoms with Gasteiger partial charge in [0.25, 0.3) is 0 Å². The fourth-order valence-electron chi connectivity index (χ4n) is 0. The van der Waals surface area contributed by atoms with Crippen molar-refractivity contribution in [2.75, 3.05) is 0 Å². The van der Waals surface area contributed by atoms with Crippen LogP contribution in [-0.4, -0.2) is 11.6 Å². The SMILES string of the molecule is O.O=C([O-])[O-].[Ce+3]. The molecule has 2 N–H and O–H groups in total. The third-order valence-corrected chi connectivity index (χ3v) is 0. The Kier molecular flexibility index (Phi) is 24.3. The zero-order valence-corrected chi connectivity index (χ0v) is 5.86. The normalized spacial score (nSPS) is 4.00. The van der Waals surface area contributed by atoms with Gasteiger partial charge in [-0.1, -0.05) is 0 Å². The number of rotatable bonds is 0. The van der Waals surface area contributed by atoms with Crippen LogP contribution >= 0.6 is 0 Å². The fourth-order valence-corrected chi connectivity index (χ4v) is 0. The van der Waals surface area contributed by atoms with E-state index in [0.717, 1.165) is 0 Å². The van der Waals surface area contributed by atoms with E-state index in [-0.39, 0.29) is 47.2 Å². The Labute approximate surface area is 67.9 Å². The number of carbonyl (C=O) groups is 1. The minimum atomic E-state index is -2.33. The van der Waals surface area contributed by atoms with Crippen LogP contribution in [0.15, 0.2) is 0 Å². The van der Waals surface area contributed by atoms with Crippen LogP contribution in [0, 0.1) is 41.7 Å². The van der Waals surface area contributed by atoms with Gasteiger partial charge in [-0.05, 0) is 6.16 Å². The molecule has 0 saturated heterocycles. The Morgan fingerprint density at radius 3 is 1.33 bits per heavy atom. The van der Waals surface area contributed by atoms with Gasteiger partial charge in [0.1, 0.15) is 0 Å². The smallest absolute Gasteiger partial charge is 0.652 e. The maximum Gasteiger partial charge on any atom is 3.00 e. The Balaban J connectivity index is -0.0000000450. The predicted octanol–water partition coefficient (Wildman–Crippen LogP) is -3.27. The van der Waals surface area contributed by atoms with Crippen molar-refractivity contribution >= 4 is 6.16 Å². The second-order valence-electron chi connectivity index (χ2n) is 0.250. The third kappa shape index (κ3) is 163. The second-order valence-corrected chi connectivity index (χ2v) is 0.250. The molecule has 5 heteroatoms. The summed E-state index contributed by atoms with van der Waals surface area (Å²) in [5.41, 5.74) is 0. The molecule has 0 aromatic rings. The van der Waals surface area contributed by atoms with Crippen molar-refractivity contribution in [2.24, 2.45) is 0 Å². The maximum atomic E-state index is 8.33. The Bertz CT molecular complexity index is 30.5. The van der Waals surface area contributed by atoms with E-state index in [4.69, 9.17) is 15.0 Å². The summed E-state index contributed by atoms with van der Waals surface area (Å²) in [5.74, 6) is 0. The van der Waals surface area contributed by atoms with Gasteiger partial charge < -0.3 is 20.5 Å². The van der Waals surface area contributed by atoms with Gasteiger partial charge in [0, 0.05) is 0 Å². The Morgan fingerprint density at radius 2 is 1.33 bits per heavy atom. The molecule has 6 heavy (non-hydrogen) atoms. The van der Waals surface area contributed by atoms with Crippen LogP contribution in [0.2, 0.25) is 0 Å². The van der Waals surface area contributed by atoms with E-state index in [1.807, 2.05) is 0 Å². The summed E-state index contributed by atoms with van der Waals surface area (Å²) in [6.45, 7) is 0. The molecule has 0 aliphatic heterocycles. The first-order chi connectivity index (χ1) is 1.73. The number of hydrogen-bond donors (Lipinski definition) is 0. The monoisotopic (exact) mass is 218 g/mol. The molecule has 0 spiro atoms. The van der Waals surface area contributed by atoms with Gasteiger partial charge in [0.15, 0.2) is 0 Å². The molecule has 0 atom stereocenters. The molecular formula is CH2CeO4+. The first kappa shape index (κ1) is 16.0. The molecule has 0 fully saturated rings. The Hall–Kier alpha value is 0.607. The van der Waals surface area contributed by atoms with Crippen molar-refractivity contribution in [1.82, 2.24) is 0 Å². The largest absolute Gasteiger partial charge is 3.00 e. The average molecular weight is 218 g/mol. The summed E-state index contributed by atoms with van der Waals surface area (Å²) < 4.78 is 0. The van der Waals surface area contributed by atoms with Crippen molar-refractivity contribution in [3.8, 4) is 0 Å². The summed E-state index contributed by atoms with van der Waals surface area (Å²) in [7, 11) is 0. The predicted molar refractivity (Wildman–Crippen MR) is 9.01 cm³/mol. The molecule has 0 aromatic heterocycles. The Morgan fingerprint density at radius 1 is 1.33 bits per heavy atom. The van der Waals surface area contributed by atoms with Crippen molar-refractivity contribution in [1.29, 1.82) is 0 Å². The number of carboxylic acid groups (broad SMARTS) is 2. The van der Waals surface area contributed by atoms with Gasteiger partial charge >= 0.3 is 41.7 Å². The molecule has 0 aliphatic rings. The van der Waals surface area contributed by atoms with E-state index in [2.05, 4.69) is 0 Å². The molecule has 0 saturated carbocycles. The molecule has 33 valence electrons. The van der Waals surface area contributed by atoms with Gasteiger partial charge in [-0.2, -0.15) is 0 Å². The van der Waals surface area contributed by atoms with Crippen LogP contribution in [0.25, 0.3) is 0 Å². The first-order valence-electron chi connectivity index (χ1n) is 0.612. The van der Waals surface area contributed by atoms with E-state index in [1.54, 1.807) is 0 Å². The molecule has 1 radical (unpaired) electrons. The average Bonchev–Trinajstić information content (AvgIpc) is 0.811. The van der Waals surface area contributed by atoms with Gasteiger partial charge in [-0.3, -0.25) is 0 Å². The quantitative estimate of drug-likeness (QED) is 0.426. The summed E-state index contributed by atoms with van der Waals surface area (Å²) in [5, 5.41) is 16.7. The summed E-state index contributed by atoms with van der Waals surface area (Å²) in [6.07, 6.45) is -2.33. The van der Waals surface area contributed by atoms with Crippen molar-refractivity contribution in [2.45, 2.75) is 0 Å². The standard InChI is InChI=1S/CH2O3.Ce.H2O/c2-1(3)4;;/h(H2,2,3,4);;1H2/q;+3;/p-2. The maximum absolute atomic E-state index is 8.33. The van der Waals surface area contributed by atoms with E-state index in [9.17, 15) is 0 Å². The molecule has 0 aromatic carbocycles. The summed E-state index contributed by atoms with van der Waals surface area (Å²) in [4.78, 5) is 8.33. The van der Waals surface area contributed by atoms with Gasteiger partial charge in [0.2, 0.25) is 0 Å². The van der Waals surface area contributed by atoms with Gasteiger partial charge in [0.05, 0.1) is 0 Å². The van der Waals surface area contributed by atoms with Crippen LogP contribution in [0.5, 0.6) is 0 Å². The van der Waals surface area contributed by atoms with Crippen LogP contribution in [0.1, 0.15) is 0 Å². The number of carbonyl (C=O) groups excluding carboxylic acids is 1. The minimum absolute atomic E-state index is 0. The molecular weight excluding hydrogens is 216 g/mol. The van der Waals surface area contributed by atoms with Crippen LogP contribution in [-0.2, 0) is 0 Å². The van der Waals surface area contributed by atoms with Crippen LogP contribution < -0.4 is 10.2 Å². The molecule has 0 bridgehead atoms. The van der Waals surface area contributed by atoms with Crippen LogP contribution in [0.3, 0.4) is 0 Å². The van der Waals surface area contributed by atoms with E-state index in [1.165, 1.54) is 0 Å². The van der Waals surface area contributed by atoms with Crippen molar-refractivity contribution in [3.63, 3.8) is 0 Å². The first-order valence-corrected chi connectivity index (χ1v) is 0.612.